The van der Waals surface area contributed by atoms with Crippen molar-refractivity contribution < 1.29 is 14.6 Å². The smallest absolute Gasteiger partial charge is 0.157 e. The highest BCUT2D eigenvalue weighted by atomic mass is 16.7. The van der Waals surface area contributed by atoms with Gasteiger partial charge in [0.05, 0.1) is 18.8 Å². The van der Waals surface area contributed by atoms with Crippen LogP contribution in [0, 0.1) is 0 Å². The quantitative estimate of drug-likeness (QED) is 0.823. The monoisotopic (exact) mass is 242 g/mol. The average Bonchev–Trinajstić information content (AvgIpc) is 2.77. The second-order valence-corrected chi connectivity index (χ2v) is 5.56. The molecule has 0 unspecified atom stereocenters. The molecule has 100 valence electrons. The van der Waals surface area contributed by atoms with Crippen molar-refractivity contribution in [2.45, 2.75) is 76.1 Å². The van der Waals surface area contributed by atoms with Crippen molar-refractivity contribution in [1.82, 2.24) is 0 Å². The number of ether oxygens (including phenoxy) is 2. The van der Waals surface area contributed by atoms with Crippen molar-refractivity contribution >= 4 is 0 Å². The van der Waals surface area contributed by atoms with Gasteiger partial charge >= 0.3 is 0 Å². The second-order valence-electron chi connectivity index (χ2n) is 5.56. The lowest BCUT2D eigenvalue weighted by atomic mass is 9.83. The third-order valence-electron chi connectivity index (χ3n) is 4.06. The summed E-state index contributed by atoms with van der Waals surface area (Å²) in [6.07, 6.45) is 11.1. The molecule has 17 heavy (non-hydrogen) atoms. The maximum Gasteiger partial charge on any atom is 0.157 e. The Morgan fingerprint density at radius 2 is 1.53 bits per heavy atom. The number of rotatable bonds is 4. The van der Waals surface area contributed by atoms with Crippen LogP contribution in [0.1, 0.15) is 64.2 Å². The summed E-state index contributed by atoms with van der Waals surface area (Å²) in [5.41, 5.74) is -0.404. The van der Waals surface area contributed by atoms with E-state index in [-0.39, 0.29) is 6.29 Å². The van der Waals surface area contributed by atoms with Crippen LogP contribution in [0.15, 0.2) is 0 Å². The second kappa shape index (κ2) is 6.72. The molecule has 0 radical (unpaired) electrons. The van der Waals surface area contributed by atoms with E-state index in [1.54, 1.807) is 0 Å². The molecule has 3 heteroatoms. The van der Waals surface area contributed by atoms with E-state index >= 15 is 0 Å². The molecule has 0 aromatic heterocycles. The Balaban J connectivity index is 1.67. The molecule has 0 aromatic carbocycles. The van der Waals surface area contributed by atoms with Crippen molar-refractivity contribution in [3.8, 4) is 0 Å². The average molecular weight is 242 g/mol. The third-order valence-corrected chi connectivity index (χ3v) is 4.06. The Labute approximate surface area is 104 Å². The molecule has 3 nitrogen and oxygen atoms in total. The van der Waals surface area contributed by atoms with E-state index in [0.29, 0.717) is 0 Å². The molecular formula is C14H26O3. The first-order valence-corrected chi connectivity index (χ1v) is 7.24. The fourth-order valence-corrected chi connectivity index (χ4v) is 2.99. The van der Waals surface area contributed by atoms with Gasteiger partial charge in [0.15, 0.2) is 6.29 Å². The molecule has 0 bridgehead atoms. The molecule has 0 spiro atoms. The SMILES string of the molecule is OC1(CCCC2OCCO2)CCCCCCC1. The van der Waals surface area contributed by atoms with E-state index in [0.717, 1.165) is 45.3 Å². The van der Waals surface area contributed by atoms with Crippen molar-refractivity contribution in [3.63, 3.8) is 0 Å². The summed E-state index contributed by atoms with van der Waals surface area (Å²) in [7, 11) is 0. The van der Waals surface area contributed by atoms with E-state index in [9.17, 15) is 5.11 Å². The molecule has 0 amide bonds. The fraction of sp³-hybridized carbons (Fsp3) is 1.00. The van der Waals surface area contributed by atoms with E-state index < -0.39 is 5.60 Å². The largest absolute Gasteiger partial charge is 0.390 e. The Hall–Kier alpha value is -0.120. The minimum atomic E-state index is -0.404. The molecule has 1 saturated carbocycles. The zero-order valence-electron chi connectivity index (χ0n) is 10.8. The molecule has 0 aromatic rings. The van der Waals surface area contributed by atoms with E-state index in [1.165, 1.54) is 32.1 Å². The summed E-state index contributed by atoms with van der Waals surface area (Å²) < 4.78 is 10.8. The first kappa shape index (κ1) is 13.3. The molecule has 1 aliphatic heterocycles. The fourth-order valence-electron chi connectivity index (χ4n) is 2.99. The van der Waals surface area contributed by atoms with Crippen molar-refractivity contribution in [2.75, 3.05) is 13.2 Å². The summed E-state index contributed by atoms with van der Waals surface area (Å²) >= 11 is 0. The van der Waals surface area contributed by atoms with Crippen LogP contribution < -0.4 is 0 Å². The topological polar surface area (TPSA) is 38.7 Å². The lowest BCUT2D eigenvalue weighted by Gasteiger charge is -2.30. The summed E-state index contributed by atoms with van der Waals surface area (Å²) in [4.78, 5) is 0. The minimum Gasteiger partial charge on any atom is -0.390 e. The highest BCUT2D eigenvalue weighted by molar-refractivity contribution is 4.80. The molecule has 2 aliphatic rings. The number of aliphatic hydroxyl groups is 1. The highest BCUT2D eigenvalue weighted by Crippen LogP contribution is 2.31. The van der Waals surface area contributed by atoms with Crippen LogP contribution in [0.25, 0.3) is 0 Å². The minimum absolute atomic E-state index is 0.00726. The standard InChI is InChI=1S/C14H26O3/c15-14(8-4-2-1-3-5-9-14)10-6-7-13-16-11-12-17-13/h13,15H,1-12H2. The van der Waals surface area contributed by atoms with E-state index in [4.69, 9.17) is 9.47 Å². The van der Waals surface area contributed by atoms with Crippen LogP contribution in [0.3, 0.4) is 0 Å². The van der Waals surface area contributed by atoms with E-state index in [1.807, 2.05) is 0 Å². The van der Waals surface area contributed by atoms with Crippen molar-refractivity contribution in [3.05, 3.63) is 0 Å². The van der Waals surface area contributed by atoms with Crippen LogP contribution in [0.2, 0.25) is 0 Å². The van der Waals surface area contributed by atoms with Gasteiger partial charge in [-0.2, -0.15) is 0 Å². The predicted molar refractivity (Wildman–Crippen MR) is 66.8 cm³/mol. The van der Waals surface area contributed by atoms with Crippen LogP contribution in [-0.4, -0.2) is 30.2 Å². The Morgan fingerprint density at radius 3 is 2.18 bits per heavy atom. The lowest BCUT2D eigenvalue weighted by Crippen LogP contribution is -2.29. The molecule has 0 atom stereocenters. The molecule has 1 N–H and O–H groups in total. The summed E-state index contributed by atoms with van der Waals surface area (Å²) in [5.74, 6) is 0. The molecule has 2 fully saturated rings. The highest BCUT2D eigenvalue weighted by Gasteiger charge is 2.27. The van der Waals surface area contributed by atoms with Gasteiger partial charge < -0.3 is 14.6 Å². The van der Waals surface area contributed by atoms with Gasteiger partial charge in [-0.25, -0.2) is 0 Å². The van der Waals surface area contributed by atoms with Crippen LogP contribution in [0.5, 0.6) is 0 Å². The Kier molecular flexibility index (Phi) is 5.26. The van der Waals surface area contributed by atoms with Crippen LogP contribution in [0.4, 0.5) is 0 Å². The predicted octanol–water partition coefficient (Wildman–Crippen LogP) is 3.01. The van der Waals surface area contributed by atoms with E-state index in [2.05, 4.69) is 0 Å². The van der Waals surface area contributed by atoms with Gasteiger partial charge in [0, 0.05) is 0 Å². The summed E-state index contributed by atoms with van der Waals surface area (Å²) in [6.45, 7) is 1.46. The van der Waals surface area contributed by atoms with Crippen LogP contribution in [-0.2, 0) is 9.47 Å². The van der Waals surface area contributed by atoms with Crippen molar-refractivity contribution in [2.24, 2.45) is 0 Å². The maximum atomic E-state index is 10.6. The van der Waals surface area contributed by atoms with Gasteiger partial charge in [0.2, 0.25) is 0 Å². The molecule has 1 heterocycles. The molecule has 1 aliphatic carbocycles. The maximum absolute atomic E-state index is 10.6. The molecule has 2 rings (SSSR count). The van der Waals surface area contributed by atoms with Gasteiger partial charge in [0.25, 0.3) is 0 Å². The lowest BCUT2D eigenvalue weighted by molar-refractivity contribution is -0.0554. The first-order chi connectivity index (χ1) is 8.29. The molecular weight excluding hydrogens is 216 g/mol. The number of hydrogen-bond donors (Lipinski definition) is 1. The first-order valence-electron chi connectivity index (χ1n) is 7.24. The van der Waals surface area contributed by atoms with Crippen LogP contribution >= 0.6 is 0 Å². The number of hydrogen-bond acceptors (Lipinski definition) is 3. The third kappa shape index (κ3) is 4.57. The van der Waals surface area contributed by atoms with Crippen molar-refractivity contribution in [1.29, 1.82) is 0 Å². The Morgan fingerprint density at radius 1 is 0.941 bits per heavy atom. The Bertz CT molecular complexity index is 204. The zero-order chi connectivity index (χ0) is 12.0. The van der Waals surface area contributed by atoms with Gasteiger partial charge in [-0.05, 0) is 32.1 Å². The zero-order valence-corrected chi connectivity index (χ0v) is 10.8. The van der Waals surface area contributed by atoms with Gasteiger partial charge in [-0.3, -0.25) is 0 Å². The normalized spacial score (nSPS) is 26.6. The van der Waals surface area contributed by atoms with Gasteiger partial charge in [-0.15, -0.1) is 0 Å². The molecule has 1 saturated heterocycles. The summed E-state index contributed by atoms with van der Waals surface area (Å²) in [5, 5.41) is 10.6. The van der Waals surface area contributed by atoms with Gasteiger partial charge in [-0.1, -0.05) is 32.1 Å². The summed E-state index contributed by atoms with van der Waals surface area (Å²) in [6, 6.07) is 0. The van der Waals surface area contributed by atoms with Gasteiger partial charge in [0.1, 0.15) is 0 Å².